The van der Waals surface area contributed by atoms with Crippen molar-refractivity contribution in [3.05, 3.63) is 53.6 Å². The van der Waals surface area contributed by atoms with Crippen molar-refractivity contribution in [1.82, 2.24) is 0 Å². The molecule has 0 bridgehead atoms. The maximum Gasteiger partial charge on any atom is -0.0225 e. The summed E-state index contributed by atoms with van der Waals surface area (Å²) < 4.78 is 0. The molecule has 0 aliphatic rings. The minimum absolute atomic E-state index is 1.14. The van der Waals surface area contributed by atoms with Gasteiger partial charge < -0.3 is 0 Å². The summed E-state index contributed by atoms with van der Waals surface area (Å²) in [6.45, 7) is 10.2. The first-order valence-electron chi connectivity index (χ1n) is 4.51. The lowest BCUT2D eigenvalue weighted by Gasteiger charge is -2.07. The molecule has 0 amide bonds. The van der Waals surface area contributed by atoms with Crippen LogP contribution in [0.1, 0.15) is 26.3 Å². The van der Waals surface area contributed by atoms with E-state index in [0.29, 0.717) is 0 Å². The van der Waals surface area contributed by atoms with Gasteiger partial charge in [0.1, 0.15) is 0 Å². The van der Waals surface area contributed by atoms with Gasteiger partial charge in [-0.1, -0.05) is 42.5 Å². The highest BCUT2D eigenvalue weighted by molar-refractivity contribution is 5.69. The molecule has 0 spiro atoms. The summed E-state index contributed by atoms with van der Waals surface area (Å²) in [7, 11) is 0. The summed E-state index contributed by atoms with van der Waals surface area (Å²) in [5.74, 6) is 0. The summed E-state index contributed by atoms with van der Waals surface area (Å²) in [6, 6.07) is 10.4. The lowest BCUT2D eigenvalue weighted by Crippen LogP contribution is -1.85. The highest BCUT2D eigenvalue weighted by Crippen LogP contribution is 2.21. The van der Waals surface area contributed by atoms with E-state index in [2.05, 4.69) is 44.7 Å². The molecule has 0 aromatic heterocycles. The molecule has 0 nitrogen and oxygen atoms in total. The normalized spacial score (nSPS) is 12.2. The van der Waals surface area contributed by atoms with Gasteiger partial charge in [-0.15, -0.1) is 0 Å². The van der Waals surface area contributed by atoms with Crippen LogP contribution in [0.4, 0.5) is 0 Å². The van der Waals surface area contributed by atoms with Gasteiger partial charge in [0.2, 0.25) is 0 Å². The Balaban J connectivity index is 3.11. The van der Waals surface area contributed by atoms with Crippen molar-refractivity contribution in [2.45, 2.75) is 20.8 Å². The predicted molar refractivity (Wildman–Crippen MR) is 59.5 cm³/mol. The third-order valence-corrected chi connectivity index (χ3v) is 2.41. The molecule has 0 radical (unpaired) electrons. The van der Waals surface area contributed by atoms with Crippen molar-refractivity contribution in [2.75, 3.05) is 0 Å². The Labute approximate surface area is 80.6 Å². The fraction of sp³-hybridized carbons (Fsp3) is 0.231. The molecule has 0 atom stereocenters. The average molecular weight is 172 g/mol. The molecule has 0 unspecified atom stereocenters. The molecule has 0 heterocycles. The molecule has 68 valence electrons. The van der Waals surface area contributed by atoms with Gasteiger partial charge in [-0.05, 0) is 37.5 Å². The zero-order valence-electron chi connectivity index (χ0n) is 8.59. The van der Waals surface area contributed by atoms with Crippen molar-refractivity contribution < 1.29 is 0 Å². The van der Waals surface area contributed by atoms with Crippen LogP contribution in [-0.2, 0) is 0 Å². The van der Waals surface area contributed by atoms with Crippen molar-refractivity contribution in [1.29, 1.82) is 0 Å². The second-order valence-electron chi connectivity index (χ2n) is 3.40. The summed E-state index contributed by atoms with van der Waals surface area (Å²) >= 11 is 0. The molecule has 0 aliphatic heterocycles. The van der Waals surface area contributed by atoms with Crippen LogP contribution in [0, 0.1) is 0 Å². The molecule has 1 aromatic rings. The van der Waals surface area contributed by atoms with E-state index >= 15 is 0 Å². The van der Waals surface area contributed by atoms with Crippen LogP contribution in [0.5, 0.6) is 0 Å². The molecule has 0 saturated heterocycles. The zero-order chi connectivity index (χ0) is 9.84. The van der Waals surface area contributed by atoms with E-state index in [1.54, 1.807) is 0 Å². The molecule has 0 fully saturated rings. The highest BCUT2D eigenvalue weighted by Gasteiger charge is 1.99. The predicted octanol–water partition coefficient (Wildman–Crippen LogP) is 4.06. The molecule has 1 aromatic carbocycles. The van der Waals surface area contributed by atoms with Gasteiger partial charge in [-0.3, -0.25) is 0 Å². The first-order chi connectivity index (χ1) is 6.13. The second-order valence-corrected chi connectivity index (χ2v) is 3.40. The summed E-state index contributed by atoms with van der Waals surface area (Å²) in [5.41, 5.74) is 5.02. The van der Waals surface area contributed by atoms with E-state index in [1.807, 2.05) is 13.0 Å². The minimum Gasteiger partial charge on any atom is -0.0958 e. The average Bonchev–Trinajstić information content (AvgIpc) is 2.17. The highest BCUT2D eigenvalue weighted by atomic mass is 14.0. The fourth-order valence-corrected chi connectivity index (χ4v) is 1.22. The molecular weight excluding hydrogens is 156 g/mol. The maximum atomic E-state index is 3.94. The molecular formula is C13H16. The Kier molecular flexibility index (Phi) is 3.07. The SMILES string of the molecule is C=C(C)/C(C)=C(\C)c1ccccc1. The van der Waals surface area contributed by atoms with E-state index in [9.17, 15) is 0 Å². The van der Waals surface area contributed by atoms with Gasteiger partial charge >= 0.3 is 0 Å². The van der Waals surface area contributed by atoms with Crippen molar-refractivity contribution in [3.63, 3.8) is 0 Å². The quantitative estimate of drug-likeness (QED) is 0.590. The van der Waals surface area contributed by atoms with Gasteiger partial charge in [0.15, 0.2) is 0 Å². The molecule has 0 N–H and O–H groups in total. The van der Waals surface area contributed by atoms with Crippen LogP contribution in [0.15, 0.2) is 48.1 Å². The largest absolute Gasteiger partial charge is 0.0958 e. The van der Waals surface area contributed by atoms with Gasteiger partial charge in [-0.25, -0.2) is 0 Å². The van der Waals surface area contributed by atoms with Gasteiger partial charge in [0, 0.05) is 0 Å². The van der Waals surface area contributed by atoms with Gasteiger partial charge in [0.05, 0.1) is 0 Å². The molecule has 0 aliphatic carbocycles. The zero-order valence-corrected chi connectivity index (χ0v) is 8.59. The summed E-state index contributed by atoms with van der Waals surface area (Å²) in [5, 5.41) is 0. The minimum atomic E-state index is 1.14. The van der Waals surface area contributed by atoms with E-state index < -0.39 is 0 Å². The third kappa shape index (κ3) is 2.32. The molecule has 0 saturated carbocycles. The molecule has 13 heavy (non-hydrogen) atoms. The van der Waals surface area contributed by atoms with Crippen LogP contribution < -0.4 is 0 Å². The van der Waals surface area contributed by atoms with Crippen LogP contribution in [0.25, 0.3) is 5.57 Å². The standard InChI is InChI=1S/C13H16/c1-10(2)11(3)12(4)13-8-6-5-7-9-13/h5-9H,1H2,2-4H3/b12-11+. The van der Waals surface area contributed by atoms with Crippen LogP contribution in [0.2, 0.25) is 0 Å². The van der Waals surface area contributed by atoms with Crippen LogP contribution in [-0.4, -0.2) is 0 Å². The van der Waals surface area contributed by atoms with Crippen molar-refractivity contribution in [3.8, 4) is 0 Å². The Hall–Kier alpha value is -1.30. The summed E-state index contributed by atoms with van der Waals surface area (Å²) in [6.07, 6.45) is 0. The lowest BCUT2D eigenvalue weighted by molar-refractivity contribution is 1.34. The fourth-order valence-electron chi connectivity index (χ4n) is 1.22. The van der Waals surface area contributed by atoms with E-state index in [4.69, 9.17) is 0 Å². The second kappa shape index (κ2) is 4.08. The number of hydrogen-bond donors (Lipinski definition) is 0. The van der Waals surface area contributed by atoms with Crippen molar-refractivity contribution >= 4 is 5.57 Å². The van der Waals surface area contributed by atoms with Crippen LogP contribution >= 0.6 is 0 Å². The summed E-state index contributed by atoms with van der Waals surface area (Å²) in [4.78, 5) is 0. The number of allylic oxidation sites excluding steroid dienone is 3. The molecule has 1 rings (SSSR count). The smallest absolute Gasteiger partial charge is 0.0225 e. The van der Waals surface area contributed by atoms with Crippen molar-refractivity contribution in [2.24, 2.45) is 0 Å². The van der Waals surface area contributed by atoms with Crippen LogP contribution in [0.3, 0.4) is 0 Å². The third-order valence-electron chi connectivity index (χ3n) is 2.41. The Morgan fingerprint density at radius 3 is 2.00 bits per heavy atom. The van der Waals surface area contributed by atoms with Gasteiger partial charge in [0.25, 0.3) is 0 Å². The van der Waals surface area contributed by atoms with E-state index in [-0.39, 0.29) is 0 Å². The monoisotopic (exact) mass is 172 g/mol. The van der Waals surface area contributed by atoms with E-state index in [1.165, 1.54) is 16.7 Å². The Morgan fingerprint density at radius 2 is 1.54 bits per heavy atom. The first kappa shape index (κ1) is 9.79. The number of hydrogen-bond acceptors (Lipinski definition) is 0. The van der Waals surface area contributed by atoms with Gasteiger partial charge in [-0.2, -0.15) is 0 Å². The lowest BCUT2D eigenvalue weighted by atomic mass is 9.99. The van der Waals surface area contributed by atoms with E-state index in [0.717, 1.165) is 5.57 Å². The first-order valence-corrected chi connectivity index (χ1v) is 4.51. The maximum absolute atomic E-state index is 3.94. The Morgan fingerprint density at radius 1 is 1.00 bits per heavy atom. The number of benzene rings is 1. The topological polar surface area (TPSA) is 0 Å². The Bertz CT molecular complexity index is 328. The number of rotatable bonds is 2. The molecule has 0 heteroatoms.